The van der Waals surface area contributed by atoms with Crippen molar-refractivity contribution in [2.24, 2.45) is 0 Å². The average Bonchev–Trinajstić information content (AvgIpc) is 2.62. The van der Waals surface area contributed by atoms with Gasteiger partial charge in [-0.05, 0) is 38.0 Å². The van der Waals surface area contributed by atoms with Crippen molar-refractivity contribution in [2.75, 3.05) is 13.1 Å². The summed E-state index contributed by atoms with van der Waals surface area (Å²) in [4.78, 5) is 7.24. The second-order valence-electron chi connectivity index (χ2n) is 6.28. The first-order chi connectivity index (χ1) is 12.7. The third kappa shape index (κ3) is 4.56. The molecule has 3 rings (SSSR count). The Labute approximate surface area is 155 Å². The van der Waals surface area contributed by atoms with E-state index in [2.05, 4.69) is 9.97 Å². The summed E-state index contributed by atoms with van der Waals surface area (Å²) in [6.07, 6.45) is -3.24. The number of hydrogen-bond donors (Lipinski definition) is 0. The van der Waals surface area contributed by atoms with Crippen LogP contribution >= 0.6 is 0 Å². The fourth-order valence-corrected chi connectivity index (χ4v) is 4.29. The molecule has 0 saturated carbocycles. The van der Waals surface area contributed by atoms with E-state index >= 15 is 0 Å². The number of halogens is 3. The van der Waals surface area contributed by atoms with Gasteiger partial charge in [0.1, 0.15) is 6.10 Å². The molecule has 0 N–H and O–H groups in total. The van der Waals surface area contributed by atoms with Gasteiger partial charge in [0.15, 0.2) is 5.69 Å². The highest BCUT2D eigenvalue weighted by Crippen LogP contribution is 2.28. The molecule has 1 aliphatic heterocycles. The lowest BCUT2D eigenvalue weighted by atomic mass is 10.1. The van der Waals surface area contributed by atoms with Gasteiger partial charge in [-0.15, -0.1) is 0 Å². The van der Waals surface area contributed by atoms with Gasteiger partial charge in [0.25, 0.3) is 0 Å². The fourth-order valence-electron chi connectivity index (χ4n) is 2.78. The largest absolute Gasteiger partial charge is 0.459 e. The molecule has 1 fully saturated rings. The van der Waals surface area contributed by atoms with Crippen LogP contribution < -0.4 is 4.74 Å². The highest BCUT2D eigenvalue weighted by Gasteiger charge is 2.34. The predicted molar refractivity (Wildman–Crippen MR) is 90.6 cm³/mol. The Balaban J connectivity index is 1.74. The van der Waals surface area contributed by atoms with E-state index < -0.39 is 34.0 Å². The first-order valence-electron chi connectivity index (χ1n) is 8.30. The van der Waals surface area contributed by atoms with Gasteiger partial charge in [0.2, 0.25) is 10.0 Å². The monoisotopic (exact) mass is 401 g/mol. The van der Waals surface area contributed by atoms with Crippen LogP contribution in [-0.4, -0.2) is 41.9 Å². The normalized spacial score (nSPS) is 19.0. The Morgan fingerprint density at radius 1 is 1.19 bits per heavy atom. The molecule has 1 saturated heterocycles. The van der Waals surface area contributed by atoms with Gasteiger partial charge >= 0.3 is 12.2 Å². The van der Waals surface area contributed by atoms with E-state index in [1.807, 2.05) is 6.92 Å². The number of sulfonamides is 1. The van der Waals surface area contributed by atoms with Gasteiger partial charge in [0.05, 0.1) is 11.4 Å². The molecule has 1 aromatic heterocycles. The lowest BCUT2D eigenvalue weighted by Gasteiger charge is -2.31. The van der Waals surface area contributed by atoms with Crippen molar-refractivity contribution >= 4 is 10.0 Å². The molecule has 1 aliphatic rings. The van der Waals surface area contributed by atoms with Crippen molar-refractivity contribution < 1.29 is 26.3 Å². The Bertz CT molecular complexity index is 902. The van der Waals surface area contributed by atoms with Gasteiger partial charge < -0.3 is 4.74 Å². The number of nitrogens with zero attached hydrogens (tertiary/aromatic N) is 3. The fraction of sp³-hybridized carbons (Fsp3) is 0.412. The minimum atomic E-state index is -4.60. The van der Waals surface area contributed by atoms with E-state index in [-0.39, 0.29) is 11.4 Å². The standard InChI is InChI=1S/C17H18F3N3O3S/c1-12-4-6-14(7-5-12)27(24,25)23-10-2-3-13(11-23)26-16-21-9-8-15(22-16)17(18,19)20/h4-9,13H,2-3,10-11H2,1H3. The van der Waals surface area contributed by atoms with E-state index in [0.29, 0.717) is 19.4 Å². The molecule has 6 nitrogen and oxygen atoms in total. The minimum Gasteiger partial charge on any atom is -0.459 e. The molecular weight excluding hydrogens is 383 g/mol. The Morgan fingerprint density at radius 3 is 2.56 bits per heavy atom. The van der Waals surface area contributed by atoms with Crippen molar-refractivity contribution in [1.82, 2.24) is 14.3 Å². The maximum Gasteiger partial charge on any atom is 0.433 e. The van der Waals surface area contributed by atoms with Gasteiger partial charge in [-0.25, -0.2) is 13.4 Å². The molecule has 2 aromatic rings. The Morgan fingerprint density at radius 2 is 1.89 bits per heavy atom. The summed E-state index contributed by atoms with van der Waals surface area (Å²) >= 11 is 0. The molecular formula is C17H18F3N3O3S. The van der Waals surface area contributed by atoms with Crippen LogP contribution in [0.2, 0.25) is 0 Å². The maximum absolute atomic E-state index is 12.8. The molecule has 0 aliphatic carbocycles. The van der Waals surface area contributed by atoms with Crippen molar-refractivity contribution in [1.29, 1.82) is 0 Å². The van der Waals surface area contributed by atoms with Crippen LogP contribution in [0.25, 0.3) is 0 Å². The number of benzene rings is 1. The SMILES string of the molecule is Cc1ccc(S(=O)(=O)N2CCCC(Oc3nccc(C(F)(F)F)n3)C2)cc1. The Hall–Kier alpha value is -2.20. The molecule has 0 spiro atoms. The quantitative estimate of drug-likeness (QED) is 0.788. The molecule has 0 radical (unpaired) electrons. The molecule has 0 amide bonds. The molecule has 1 atom stereocenters. The summed E-state index contributed by atoms with van der Waals surface area (Å²) in [7, 11) is -3.70. The first-order valence-corrected chi connectivity index (χ1v) is 9.74. The lowest BCUT2D eigenvalue weighted by Crippen LogP contribution is -2.44. The predicted octanol–water partition coefficient (Wildman–Crippen LogP) is 3.04. The van der Waals surface area contributed by atoms with Gasteiger partial charge in [-0.2, -0.15) is 22.5 Å². The van der Waals surface area contributed by atoms with Crippen molar-refractivity contribution in [3.63, 3.8) is 0 Å². The third-order valence-corrected chi connectivity index (χ3v) is 6.07. The zero-order chi connectivity index (χ0) is 19.7. The molecule has 27 heavy (non-hydrogen) atoms. The van der Waals surface area contributed by atoms with Gasteiger partial charge in [-0.3, -0.25) is 0 Å². The van der Waals surface area contributed by atoms with Crippen molar-refractivity contribution in [3.8, 4) is 6.01 Å². The van der Waals surface area contributed by atoms with Crippen molar-refractivity contribution in [2.45, 2.75) is 36.9 Å². The zero-order valence-corrected chi connectivity index (χ0v) is 15.3. The van der Waals surface area contributed by atoms with Gasteiger partial charge in [0, 0.05) is 12.7 Å². The van der Waals surface area contributed by atoms with E-state index in [4.69, 9.17) is 4.74 Å². The third-order valence-electron chi connectivity index (χ3n) is 4.20. The van der Waals surface area contributed by atoms with E-state index in [9.17, 15) is 21.6 Å². The van der Waals surface area contributed by atoms with Gasteiger partial charge in [-0.1, -0.05) is 17.7 Å². The first kappa shape index (κ1) is 19.6. The second-order valence-corrected chi connectivity index (χ2v) is 8.22. The van der Waals surface area contributed by atoms with E-state index in [1.54, 1.807) is 12.1 Å². The lowest BCUT2D eigenvalue weighted by molar-refractivity contribution is -0.141. The van der Waals surface area contributed by atoms with Crippen LogP contribution in [0.3, 0.4) is 0 Å². The minimum absolute atomic E-state index is 0.0236. The topological polar surface area (TPSA) is 72.4 Å². The summed E-state index contributed by atoms with van der Waals surface area (Å²) in [5.41, 5.74) is -0.164. The smallest absolute Gasteiger partial charge is 0.433 e. The summed E-state index contributed by atoms with van der Waals surface area (Å²) in [5, 5.41) is 0. The van der Waals surface area contributed by atoms with Crippen LogP contribution in [0.5, 0.6) is 6.01 Å². The summed E-state index contributed by atoms with van der Waals surface area (Å²) in [6.45, 7) is 2.20. The number of rotatable bonds is 4. The average molecular weight is 401 g/mol. The molecule has 1 unspecified atom stereocenters. The number of ether oxygens (including phenoxy) is 1. The number of aryl methyl sites for hydroxylation is 1. The molecule has 10 heteroatoms. The molecule has 2 heterocycles. The summed E-state index contributed by atoms with van der Waals surface area (Å²) in [5.74, 6) is 0. The van der Waals surface area contributed by atoms with E-state index in [0.717, 1.165) is 17.8 Å². The highest BCUT2D eigenvalue weighted by molar-refractivity contribution is 7.89. The van der Waals surface area contributed by atoms with Crippen LogP contribution in [0.1, 0.15) is 24.1 Å². The Kier molecular flexibility index (Phi) is 5.38. The van der Waals surface area contributed by atoms with Crippen LogP contribution in [0.4, 0.5) is 13.2 Å². The van der Waals surface area contributed by atoms with Crippen LogP contribution in [0.15, 0.2) is 41.4 Å². The van der Waals surface area contributed by atoms with E-state index in [1.165, 1.54) is 16.4 Å². The number of alkyl halides is 3. The van der Waals surface area contributed by atoms with Crippen LogP contribution in [-0.2, 0) is 16.2 Å². The number of aromatic nitrogens is 2. The number of hydrogen-bond acceptors (Lipinski definition) is 5. The zero-order valence-electron chi connectivity index (χ0n) is 14.5. The summed E-state index contributed by atoms with van der Waals surface area (Å²) in [6, 6.07) is 6.82. The number of piperidine rings is 1. The van der Waals surface area contributed by atoms with Crippen molar-refractivity contribution in [3.05, 3.63) is 47.8 Å². The van der Waals surface area contributed by atoms with Crippen LogP contribution in [0, 0.1) is 6.92 Å². The molecule has 1 aromatic carbocycles. The summed E-state index contributed by atoms with van der Waals surface area (Å²) < 4.78 is 70.5. The molecule has 0 bridgehead atoms. The second kappa shape index (κ2) is 7.43. The maximum atomic E-state index is 12.8. The molecule has 146 valence electrons. The highest BCUT2D eigenvalue weighted by atomic mass is 32.2.